The molecule has 0 aliphatic carbocycles. The second kappa shape index (κ2) is 5.11. The SMILES string of the molecule is CN=C(N)NCc1cccc(-c2ncn[nH]2)c1. The molecule has 0 saturated heterocycles. The van der Waals surface area contributed by atoms with Crippen molar-refractivity contribution in [3.05, 3.63) is 36.2 Å². The fourth-order valence-electron chi connectivity index (χ4n) is 1.44. The normalized spacial score (nSPS) is 11.5. The lowest BCUT2D eigenvalue weighted by molar-refractivity contribution is 0.900. The van der Waals surface area contributed by atoms with Gasteiger partial charge < -0.3 is 11.1 Å². The highest BCUT2D eigenvalue weighted by atomic mass is 15.2. The Kier molecular flexibility index (Phi) is 3.34. The second-order valence-electron chi connectivity index (χ2n) is 3.50. The van der Waals surface area contributed by atoms with Crippen molar-refractivity contribution in [3.63, 3.8) is 0 Å². The van der Waals surface area contributed by atoms with Gasteiger partial charge in [-0.1, -0.05) is 18.2 Å². The van der Waals surface area contributed by atoms with Crippen molar-refractivity contribution in [2.24, 2.45) is 10.7 Å². The number of aromatic amines is 1. The third kappa shape index (κ3) is 2.81. The molecule has 1 heterocycles. The van der Waals surface area contributed by atoms with Gasteiger partial charge in [0.15, 0.2) is 11.8 Å². The Labute approximate surface area is 99.0 Å². The highest BCUT2D eigenvalue weighted by molar-refractivity contribution is 5.77. The molecule has 1 aromatic heterocycles. The number of hydrogen-bond acceptors (Lipinski definition) is 3. The molecular weight excluding hydrogens is 216 g/mol. The lowest BCUT2D eigenvalue weighted by atomic mass is 10.1. The summed E-state index contributed by atoms with van der Waals surface area (Å²) in [6.07, 6.45) is 1.49. The maximum absolute atomic E-state index is 5.56. The van der Waals surface area contributed by atoms with E-state index in [0.717, 1.165) is 17.0 Å². The first kappa shape index (κ1) is 11.1. The summed E-state index contributed by atoms with van der Waals surface area (Å²) in [5.41, 5.74) is 7.66. The van der Waals surface area contributed by atoms with Gasteiger partial charge in [0, 0.05) is 19.2 Å². The molecule has 0 radical (unpaired) electrons. The van der Waals surface area contributed by atoms with Gasteiger partial charge in [-0.15, -0.1) is 0 Å². The summed E-state index contributed by atoms with van der Waals surface area (Å²) in [7, 11) is 1.65. The summed E-state index contributed by atoms with van der Waals surface area (Å²) in [5, 5.41) is 9.65. The van der Waals surface area contributed by atoms with Crippen molar-refractivity contribution in [1.82, 2.24) is 20.5 Å². The smallest absolute Gasteiger partial charge is 0.188 e. The molecule has 0 fully saturated rings. The van der Waals surface area contributed by atoms with E-state index in [1.807, 2.05) is 24.3 Å². The molecule has 0 saturated carbocycles. The van der Waals surface area contributed by atoms with Gasteiger partial charge in [0.25, 0.3) is 0 Å². The molecule has 0 unspecified atom stereocenters. The van der Waals surface area contributed by atoms with Gasteiger partial charge in [-0.2, -0.15) is 5.10 Å². The van der Waals surface area contributed by atoms with Crippen LogP contribution in [0.15, 0.2) is 35.6 Å². The average Bonchev–Trinajstić information content (AvgIpc) is 2.90. The van der Waals surface area contributed by atoms with E-state index in [2.05, 4.69) is 25.5 Å². The monoisotopic (exact) mass is 230 g/mol. The summed E-state index contributed by atoms with van der Waals surface area (Å²) in [6, 6.07) is 7.97. The lowest BCUT2D eigenvalue weighted by Gasteiger charge is -2.05. The molecule has 0 atom stereocenters. The van der Waals surface area contributed by atoms with Gasteiger partial charge in [-0.3, -0.25) is 10.1 Å². The Morgan fingerprint density at radius 1 is 1.53 bits per heavy atom. The van der Waals surface area contributed by atoms with Crippen molar-refractivity contribution in [3.8, 4) is 11.4 Å². The number of aliphatic imine (C=N–C) groups is 1. The molecule has 1 aromatic carbocycles. The van der Waals surface area contributed by atoms with Crippen LogP contribution in [-0.4, -0.2) is 28.2 Å². The Morgan fingerprint density at radius 2 is 2.41 bits per heavy atom. The van der Waals surface area contributed by atoms with Gasteiger partial charge in [-0.25, -0.2) is 4.98 Å². The third-order valence-electron chi connectivity index (χ3n) is 2.33. The number of rotatable bonds is 3. The molecule has 0 bridgehead atoms. The number of hydrogen-bond donors (Lipinski definition) is 3. The molecule has 0 spiro atoms. The molecule has 4 N–H and O–H groups in total. The largest absolute Gasteiger partial charge is 0.370 e. The maximum Gasteiger partial charge on any atom is 0.188 e. The van der Waals surface area contributed by atoms with Gasteiger partial charge in [0.2, 0.25) is 0 Å². The minimum absolute atomic E-state index is 0.426. The van der Waals surface area contributed by atoms with Crippen LogP contribution >= 0.6 is 0 Å². The Hall–Kier alpha value is -2.37. The van der Waals surface area contributed by atoms with Crippen LogP contribution in [0.5, 0.6) is 0 Å². The minimum atomic E-state index is 0.426. The molecule has 0 aliphatic heterocycles. The standard InChI is InChI=1S/C11H14N6/c1-13-11(12)14-6-8-3-2-4-9(5-8)10-15-7-16-17-10/h2-5,7H,6H2,1H3,(H3,12,13,14)(H,15,16,17). The fourth-order valence-corrected chi connectivity index (χ4v) is 1.44. The Morgan fingerprint density at radius 3 is 3.12 bits per heavy atom. The maximum atomic E-state index is 5.56. The highest BCUT2D eigenvalue weighted by Crippen LogP contribution is 2.15. The molecule has 0 aliphatic rings. The van der Waals surface area contributed by atoms with E-state index in [9.17, 15) is 0 Å². The number of H-pyrrole nitrogens is 1. The number of nitrogens with zero attached hydrogens (tertiary/aromatic N) is 3. The first-order chi connectivity index (χ1) is 8.29. The molecule has 2 aromatic rings. The number of aromatic nitrogens is 3. The van der Waals surface area contributed by atoms with E-state index in [0.29, 0.717) is 12.5 Å². The number of nitrogens with one attached hydrogen (secondary N) is 2. The first-order valence-corrected chi connectivity index (χ1v) is 5.20. The number of guanidine groups is 1. The zero-order valence-corrected chi connectivity index (χ0v) is 9.51. The zero-order chi connectivity index (χ0) is 12.1. The number of nitrogens with two attached hydrogens (primary N) is 1. The molecule has 88 valence electrons. The fraction of sp³-hybridized carbons (Fsp3) is 0.182. The van der Waals surface area contributed by atoms with E-state index in [-0.39, 0.29) is 0 Å². The van der Waals surface area contributed by atoms with Crippen LogP contribution < -0.4 is 11.1 Å². The lowest BCUT2D eigenvalue weighted by Crippen LogP contribution is -2.30. The summed E-state index contributed by atoms with van der Waals surface area (Å²) in [5.74, 6) is 1.18. The summed E-state index contributed by atoms with van der Waals surface area (Å²) < 4.78 is 0. The zero-order valence-electron chi connectivity index (χ0n) is 9.51. The van der Waals surface area contributed by atoms with Crippen LogP contribution in [-0.2, 0) is 6.54 Å². The van der Waals surface area contributed by atoms with Crippen molar-refractivity contribution in [2.45, 2.75) is 6.54 Å². The minimum Gasteiger partial charge on any atom is -0.370 e. The predicted octanol–water partition coefficient (Wildman–Crippen LogP) is 0.506. The summed E-state index contributed by atoms with van der Waals surface area (Å²) in [6.45, 7) is 0.630. The van der Waals surface area contributed by atoms with E-state index in [4.69, 9.17) is 5.73 Å². The molecule has 0 amide bonds. The molecular formula is C11H14N6. The molecule has 6 heteroatoms. The molecule has 2 rings (SSSR count). The molecule has 17 heavy (non-hydrogen) atoms. The van der Waals surface area contributed by atoms with Crippen molar-refractivity contribution in [1.29, 1.82) is 0 Å². The van der Waals surface area contributed by atoms with Crippen LogP contribution in [0.4, 0.5) is 0 Å². The Balaban J connectivity index is 2.12. The summed E-state index contributed by atoms with van der Waals surface area (Å²) in [4.78, 5) is 7.93. The van der Waals surface area contributed by atoms with Gasteiger partial charge in [0.1, 0.15) is 6.33 Å². The van der Waals surface area contributed by atoms with Crippen molar-refractivity contribution in [2.75, 3.05) is 7.05 Å². The van der Waals surface area contributed by atoms with Crippen LogP contribution in [0.3, 0.4) is 0 Å². The topological polar surface area (TPSA) is 92.0 Å². The van der Waals surface area contributed by atoms with E-state index in [1.54, 1.807) is 7.05 Å². The van der Waals surface area contributed by atoms with Gasteiger partial charge in [-0.05, 0) is 11.6 Å². The van der Waals surface area contributed by atoms with Crippen molar-refractivity contribution >= 4 is 5.96 Å². The quantitative estimate of drug-likeness (QED) is 0.529. The number of benzene rings is 1. The van der Waals surface area contributed by atoms with Gasteiger partial charge >= 0.3 is 0 Å². The van der Waals surface area contributed by atoms with Crippen molar-refractivity contribution < 1.29 is 0 Å². The summed E-state index contributed by atoms with van der Waals surface area (Å²) >= 11 is 0. The predicted molar refractivity (Wildman–Crippen MR) is 66.2 cm³/mol. The second-order valence-corrected chi connectivity index (χ2v) is 3.50. The van der Waals surface area contributed by atoms with E-state index >= 15 is 0 Å². The average molecular weight is 230 g/mol. The highest BCUT2D eigenvalue weighted by Gasteiger charge is 2.01. The van der Waals surface area contributed by atoms with Crippen LogP contribution in [0.2, 0.25) is 0 Å². The first-order valence-electron chi connectivity index (χ1n) is 5.20. The van der Waals surface area contributed by atoms with Crippen LogP contribution in [0.1, 0.15) is 5.56 Å². The molecule has 6 nitrogen and oxygen atoms in total. The van der Waals surface area contributed by atoms with E-state index < -0.39 is 0 Å². The van der Waals surface area contributed by atoms with E-state index in [1.165, 1.54) is 6.33 Å². The Bertz CT molecular complexity index is 502. The third-order valence-corrected chi connectivity index (χ3v) is 2.33. The van der Waals surface area contributed by atoms with Crippen LogP contribution in [0.25, 0.3) is 11.4 Å². The van der Waals surface area contributed by atoms with Gasteiger partial charge in [0.05, 0.1) is 0 Å². The van der Waals surface area contributed by atoms with Crippen LogP contribution in [0, 0.1) is 0 Å².